The van der Waals surface area contributed by atoms with Gasteiger partial charge in [-0.05, 0) is 39.7 Å². The molecule has 120 valence electrons. The van der Waals surface area contributed by atoms with Crippen LogP contribution >= 0.6 is 24.8 Å². The van der Waals surface area contributed by atoms with Crippen LogP contribution in [0.2, 0.25) is 0 Å². The molecule has 2 aliphatic carbocycles. The number of nitrogens with one attached hydrogen (secondary N) is 1. The zero-order valence-corrected chi connectivity index (χ0v) is 14.2. The van der Waals surface area contributed by atoms with Crippen LogP contribution in [0.15, 0.2) is 0 Å². The number of likely N-dealkylation sites (N-methyl/N-ethyl adjacent to an activating group) is 1. The molecule has 2 saturated carbocycles. The molecule has 3 N–H and O–H groups in total. The molecule has 2 rings (SSSR count). The van der Waals surface area contributed by atoms with Crippen molar-refractivity contribution in [2.75, 3.05) is 20.1 Å². The Labute approximate surface area is 135 Å². The van der Waals surface area contributed by atoms with Gasteiger partial charge in [0.25, 0.3) is 0 Å². The molecule has 0 aromatic heterocycles. The predicted molar refractivity (Wildman–Crippen MR) is 87.7 cm³/mol. The van der Waals surface area contributed by atoms with Crippen LogP contribution in [0.25, 0.3) is 0 Å². The highest BCUT2D eigenvalue weighted by Crippen LogP contribution is 2.31. The minimum Gasteiger partial charge on any atom is -0.355 e. The Morgan fingerprint density at radius 2 is 1.95 bits per heavy atom. The minimum atomic E-state index is -0.315. The van der Waals surface area contributed by atoms with Crippen molar-refractivity contribution in [3.8, 4) is 0 Å². The molecular formula is C14H29Cl2N3O. The van der Waals surface area contributed by atoms with Gasteiger partial charge in [0.15, 0.2) is 0 Å². The fourth-order valence-electron chi connectivity index (χ4n) is 2.97. The van der Waals surface area contributed by atoms with Crippen molar-refractivity contribution < 1.29 is 4.79 Å². The van der Waals surface area contributed by atoms with Crippen molar-refractivity contribution in [2.45, 2.75) is 57.0 Å². The van der Waals surface area contributed by atoms with E-state index in [-0.39, 0.29) is 42.2 Å². The molecule has 2 fully saturated rings. The van der Waals surface area contributed by atoms with Crippen molar-refractivity contribution in [1.29, 1.82) is 0 Å². The zero-order valence-electron chi connectivity index (χ0n) is 12.6. The van der Waals surface area contributed by atoms with E-state index in [0.29, 0.717) is 0 Å². The van der Waals surface area contributed by atoms with Gasteiger partial charge in [0, 0.05) is 24.7 Å². The first-order valence-corrected chi connectivity index (χ1v) is 7.27. The average Bonchev–Trinajstić information content (AvgIpc) is 3.11. The van der Waals surface area contributed by atoms with E-state index in [0.717, 1.165) is 44.8 Å². The lowest BCUT2D eigenvalue weighted by Gasteiger charge is -2.37. The van der Waals surface area contributed by atoms with E-state index in [4.69, 9.17) is 5.73 Å². The van der Waals surface area contributed by atoms with Gasteiger partial charge in [-0.25, -0.2) is 0 Å². The van der Waals surface area contributed by atoms with Crippen LogP contribution in [0.3, 0.4) is 0 Å². The lowest BCUT2D eigenvalue weighted by atomic mass is 9.74. The Morgan fingerprint density at radius 3 is 2.50 bits per heavy atom. The molecule has 0 saturated heterocycles. The molecule has 0 aliphatic heterocycles. The standard InChI is InChI=1S/C14H27N3O.2ClH/c1-14(15)8-4-3-5-12(14)13(18)16-9-10-17(2)11-6-7-11;;/h11-12H,3-10,15H2,1-2H3,(H,16,18);2*1H. The lowest BCUT2D eigenvalue weighted by molar-refractivity contribution is -0.128. The summed E-state index contributed by atoms with van der Waals surface area (Å²) >= 11 is 0. The molecule has 20 heavy (non-hydrogen) atoms. The number of nitrogens with two attached hydrogens (primary N) is 1. The van der Waals surface area contributed by atoms with E-state index in [2.05, 4.69) is 17.3 Å². The molecule has 4 nitrogen and oxygen atoms in total. The average molecular weight is 326 g/mol. The largest absolute Gasteiger partial charge is 0.355 e. The van der Waals surface area contributed by atoms with E-state index < -0.39 is 0 Å². The molecule has 0 bridgehead atoms. The number of carbonyl (C=O) groups excluding carboxylic acids is 1. The number of halogens is 2. The van der Waals surface area contributed by atoms with E-state index in [1.54, 1.807) is 0 Å². The van der Waals surface area contributed by atoms with Crippen LogP contribution in [-0.2, 0) is 4.79 Å². The Hall–Kier alpha value is -0.0300. The van der Waals surface area contributed by atoms with Gasteiger partial charge < -0.3 is 16.0 Å². The summed E-state index contributed by atoms with van der Waals surface area (Å²) in [5.41, 5.74) is 5.93. The van der Waals surface area contributed by atoms with Gasteiger partial charge in [-0.1, -0.05) is 12.8 Å². The fraction of sp³-hybridized carbons (Fsp3) is 0.929. The van der Waals surface area contributed by atoms with Crippen LogP contribution in [0.4, 0.5) is 0 Å². The summed E-state index contributed by atoms with van der Waals surface area (Å²) in [6, 6.07) is 0.761. The summed E-state index contributed by atoms with van der Waals surface area (Å²) in [7, 11) is 2.14. The van der Waals surface area contributed by atoms with Gasteiger partial charge in [-0.2, -0.15) is 0 Å². The summed E-state index contributed by atoms with van der Waals surface area (Å²) in [5.74, 6) is 0.154. The number of rotatable bonds is 5. The highest BCUT2D eigenvalue weighted by Gasteiger charge is 2.37. The zero-order chi connectivity index (χ0) is 13.2. The van der Waals surface area contributed by atoms with Crippen LogP contribution in [0.1, 0.15) is 45.4 Å². The van der Waals surface area contributed by atoms with Gasteiger partial charge in [0.1, 0.15) is 0 Å². The number of amides is 1. The Bertz CT molecular complexity index is 309. The molecule has 1 amide bonds. The van der Waals surface area contributed by atoms with Crippen molar-refractivity contribution in [3.63, 3.8) is 0 Å². The van der Waals surface area contributed by atoms with Gasteiger partial charge >= 0.3 is 0 Å². The number of nitrogens with zero attached hydrogens (tertiary/aromatic N) is 1. The Kier molecular flexibility index (Phi) is 8.41. The monoisotopic (exact) mass is 325 g/mol. The summed E-state index contributed by atoms with van der Waals surface area (Å²) in [6.07, 6.45) is 6.82. The third-order valence-electron chi connectivity index (χ3n) is 4.50. The van der Waals surface area contributed by atoms with Crippen molar-refractivity contribution >= 4 is 30.7 Å². The Balaban J connectivity index is 0.00000180. The molecule has 2 aliphatic rings. The van der Waals surface area contributed by atoms with Crippen molar-refractivity contribution in [1.82, 2.24) is 10.2 Å². The van der Waals surface area contributed by atoms with Gasteiger partial charge in [0.2, 0.25) is 5.91 Å². The molecule has 0 aromatic carbocycles. The molecule has 0 radical (unpaired) electrons. The van der Waals surface area contributed by atoms with Crippen LogP contribution in [0, 0.1) is 5.92 Å². The summed E-state index contributed by atoms with van der Waals surface area (Å²) < 4.78 is 0. The lowest BCUT2D eigenvalue weighted by Crippen LogP contribution is -2.53. The number of hydrogen-bond acceptors (Lipinski definition) is 3. The first-order valence-electron chi connectivity index (χ1n) is 7.27. The predicted octanol–water partition coefficient (Wildman–Crippen LogP) is 1.95. The van der Waals surface area contributed by atoms with Gasteiger partial charge in [-0.3, -0.25) is 4.79 Å². The second-order valence-corrected chi connectivity index (χ2v) is 6.31. The highest BCUT2D eigenvalue weighted by molar-refractivity contribution is 5.85. The third kappa shape index (κ3) is 5.40. The van der Waals surface area contributed by atoms with Gasteiger partial charge in [-0.15, -0.1) is 24.8 Å². The number of carbonyl (C=O) groups is 1. The molecule has 0 spiro atoms. The molecular weight excluding hydrogens is 297 g/mol. The molecule has 2 unspecified atom stereocenters. The maximum Gasteiger partial charge on any atom is 0.225 e. The normalized spacial score (nSPS) is 29.3. The van der Waals surface area contributed by atoms with Crippen LogP contribution < -0.4 is 11.1 Å². The topological polar surface area (TPSA) is 58.4 Å². The summed E-state index contributed by atoms with van der Waals surface area (Å²) in [4.78, 5) is 14.5. The van der Waals surface area contributed by atoms with Gasteiger partial charge in [0.05, 0.1) is 5.92 Å². The molecule has 2 atom stereocenters. The van der Waals surface area contributed by atoms with Crippen LogP contribution in [0.5, 0.6) is 0 Å². The first-order chi connectivity index (χ1) is 8.50. The van der Waals surface area contributed by atoms with E-state index in [9.17, 15) is 4.79 Å². The second kappa shape index (κ2) is 8.42. The smallest absolute Gasteiger partial charge is 0.225 e. The minimum absolute atomic E-state index is 0. The molecule has 0 heterocycles. The molecule has 0 aromatic rings. The Morgan fingerprint density at radius 1 is 1.30 bits per heavy atom. The second-order valence-electron chi connectivity index (χ2n) is 6.31. The summed E-state index contributed by atoms with van der Waals surface area (Å²) in [5, 5.41) is 3.06. The van der Waals surface area contributed by atoms with E-state index >= 15 is 0 Å². The van der Waals surface area contributed by atoms with E-state index in [1.165, 1.54) is 12.8 Å². The number of hydrogen-bond donors (Lipinski definition) is 2. The highest BCUT2D eigenvalue weighted by atomic mass is 35.5. The molecule has 6 heteroatoms. The first kappa shape index (κ1) is 20.0. The fourth-order valence-corrected chi connectivity index (χ4v) is 2.97. The third-order valence-corrected chi connectivity index (χ3v) is 4.50. The van der Waals surface area contributed by atoms with Crippen molar-refractivity contribution in [3.05, 3.63) is 0 Å². The van der Waals surface area contributed by atoms with Crippen molar-refractivity contribution in [2.24, 2.45) is 11.7 Å². The maximum atomic E-state index is 12.2. The SMILES string of the molecule is CN(CCNC(=O)C1CCCCC1(C)N)C1CC1.Cl.Cl. The van der Waals surface area contributed by atoms with Crippen LogP contribution in [-0.4, -0.2) is 42.5 Å². The van der Waals surface area contributed by atoms with E-state index in [1.807, 2.05) is 6.92 Å². The maximum absolute atomic E-state index is 12.2. The summed E-state index contributed by atoms with van der Waals surface area (Å²) in [6.45, 7) is 3.72. The quantitative estimate of drug-likeness (QED) is 0.812.